The third kappa shape index (κ3) is 5.86. The standard InChI is InChI=1S/C57H37N7/c1-5-17-36(18-6-1)46-35-47(37-19-7-2-8-20-37)59-57(58-46)64-50-33-42(56-61-54(38-21-9-3-10-22-38)60-55(62-56)39-23-11-4-12-24-39)31-40-29-30-41-32-43(34-51(64)53(41)52(40)50)63-48-27-15-13-25-44(48)45-26-14-16-28-49(45)63/h1-28,31-35H,29-30H2. The molecule has 4 aromatic heterocycles. The van der Waals surface area contributed by atoms with Gasteiger partial charge in [-0.05, 0) is 66.4 Å². The summed E-state index contributed by atoms with van der Waals surface area (Å²) in [5.41, 5.74) is 14.6. The van der Waals surface area contributed by atoms with Crippen LogP contribution in [-0.4, -0.2) is 34.1 Å². The smallest absolute Gasteiger partial charge is 0.235 e. The van der Waals surface area contributed by atoms with E-state index in [9.17, 15) is 0 Å². The van der Waals surface area contributed by atoms with Crippen LogP contribution in [0.25, 0.3) is 112 Å². The van der Waals surface area contributed by atoms with Gasteiger partial charge in [0.1, 0.15) is 0 Å². The Hall–Kier alpha value is -8.55. The van der Waals surface area contributed by atoms with Crippen LogP contribution in [0, 0.1) is 0 Å². The summed E-state index contributed by atoms with van der Waals surface area (Å²) < 4.78 is 4.71. The minimum Gasteiger partial charge on any atom is -0.309 e. The van der Waals surface area contributed by atoms with E-state index in [4.69, 9.17) is 24.9 Å². The highest BCUT2D eigenvalue weighted by Gasteiger charge is 2.27. The number of para-hydroxylation sites is 2. The molecule has 0 aliphatic heterocycles. The summed E-state index contributed by atoms with van der Waals surface area (Å²) in [6.45, 7) is 0. The lowest BCUT2D eigenvalue weighted by atomic mass is 9.89. The first-order valence-electron chi connectivity index (χ1n) is 21.7. The number of benzene rings is 8. The van der Waals surface area contributed by atoms with E-state index in [2.05, 4.69) is 161 Å². The Morgan fingerprint density at radius 3 is 1.25 bits per heavy atom. The van der Waals surface area contributed by atoms with Crippen LogP contribution in [0.1, 0.15) is 11.1 Å². The number of hydrogen-bond donors (Lipinski definition) is 0. The summed E-state index contributed by atoms with van der Waals surface area (Å²) in [5, 5.41) is 4.90. The average Bonchev–Trinajstić information content (AvgIpc) is 3.89. The van der Waals surface area contributed by atoms with Gasteiger partial charge in [0.25, 0.3) is 0 Å². The molecular formula is C57H37N7. The van der Waals surface area contributed by atoms with Crippen LogP contribution in [0.5, 0.6) is 0 Å². The van der Waals surface area contributed by atoms with Crippen LogP contribution in [0.4, 0.5) is 0 Å². The fourth-order valence-electron chi connectivity index (χ4n) is 9.74. The minimum atomic E-state index is 0.598. The Kier molecular flexibility index (Phi) is 8.21. The van der Waals surface area contributed by atoms with E-state index >= 15 is 0 Å². The maximum atomic E-state index is 5.46. The van der Waals surface area contributed by atoms with E-state index in [1.807, 2.05) is 48.5 Å². The van der Waals surface area contributed by atoms with Crippen molar-refractivity contribution in [1.29, 1.82) is 0 Å². The Balaban J connectivity index is 1.14. The predicted molar refractivity (Wildman–Crippen MR) is 259 cm³/mol. The van der Waals surface area contributed by atoms with Gasteiger partial charge in [-0.15, -0.1) is 0 Å². The van der Waals surface area contributed by atoms with Crippen molar-refractivity contribution >= 4 is 43.6 Å². The van der Waals surface area contributed by atoms with E-state index in [-0.39, 0.29) is 0 Å². The lowest BCUT2D eigenvalue weighted by Gasteiger charge is -2.17. The molecule has 7 heteroatoms. The number of rotatable bonds is 7. The van der Waals surface area contributed by atoms with E-state index < -0.39 is 0 Å². The highest BCUT2D eigenvalue weighted by atomic mass is 15.2. The van der Waals surface area contributed by atoms with Crippen molar-refractivity contribution in [3.05, 3.63) is 211 Å². The first-order chi connectivity index (χ1) is 31.7. The molecule has 0 radical (unpaired) electrons. The lowest BCUT2D eigenvalue weighted by Crippen LogP contribution is -2.05. The van der Waals surface area contributed by atoms with Crippen molar-refractivity contribution in [2.45, 2.75) is 12.8 Å². The topological polar surface area (TPSA) is 74.3 Å². The summed E-state index contributed by atoms with van der Waals surface area (Å²) in [6, 6.07) is 69.9. The number of aryl methyl sites for hydroxylation is 2. The number of aromatic nitrogens is 7. The second kappa shape index (κ2) is 14.5. The van der Waals surface area contributed by atoms with E-state index in [0.717, 1.165) is 68.8 Å². The van der Waals surface area contributed by atoms with Gasteiger partial charge in [-0.1, -0.05) is 158 Å². The minimum absolute atomic E-state index is 0.598. The first kappa shape index (κ1) is 36.1. The van der Waals surface area contributed by atoms with Gasteiger partial charge in [0.05, 0.1) is 33.5 Å². The molecule has 1 aliphatic carbocycles. The Labute approximate surface area is 368 Å². The van der Waals surface area contributed by atoms with Gasteiger partial charge in [-0.25, -0.2) is 24.9 Å². The van der Waals surface area contributed by atoms with Gasteiger partial charge in [0.15, 0.2) is 17.5 Å². The Bertz CT molecular complexity index is 3600. The fourth-order valence-corrected chi connectivity index (χ4v) is 9.74. The van der Waals surface area contributed by atoms with Crippen molar-refractivity contribution in [3.63, 3.8) is 0 Å². The average molecular weight is 820 g/mol. The molecule has 0 N–H and O–H groups in total. The van der Waals surface area contributed by atoms with Gasteiger partial charge in [0.2, 0.25) is 5.95 Å². The van der Waals surface area contributed by atoms with Gasteiger partial charge < -0.3 is 4.57 Å². The van der Waals surface area contributed by atoms with Crippen molar-refractivity contribution < 1.29 is 0 Å². The quantitative estimate of drug-likeness (QED) is 0.160. The molecule has 4 heterocycles. The zero-order valence-corrected chi connectivity index (χ0v) is 34.6. The molecule has 1 aliphatic rings. The summed E-state index contributed by atoms with van der Waals surface area (Å²) >= 11 is 0. The summed E-state index contributed by atoms with van der Waals surface area (Å²) in [7, 11) is 0. The van der Waals surface area contributed by atoms with Crippen LogP contribution >= 0.6 is 0 Å². The molecule has 0 saturated heterocycles. The SMILES string of the molecule is c1ccc(-c2cc(-c3ccccc3)nc(-n3c4cc(-c5nc(-c6ccccc6)nc(-c6ccccc6)n5)cc5c4c4c(cc(-n6c7ccccc7c7ccccc76)cc43)CC5)n2)cc1. The van der Waals surface area contributed by atoms with Crippen molar-refractivity contribution in [3.8, 4) is 68.3 Å². The maximum absolute atomic E-state index is 5.46. The molecular weight excluding hydrogens is 783 g/mol. The number of fused-ring (bicyclic) bond motifs is 3. The van der Waals surface area contributed by atoms with Crippen molar-refractivity contribution in [2.75, 3.05) is 0 Å². The normalized spacial score (nSPS) is 12.2. The van der Waals surface area contributed by atoms with E-state index in [0.29, 0.717) is 23.4 Å². The maximum Gasteiger partial charge on any atom is 0.235 e. The molecule has 0 fully saturated rings. The monoisotopic (exact) mass is 819 g/mol. The molecule has 0 amide bonds. The van der Waals surface area contributed by atoms with E-state index in [1.165, 1.54) is 43.7 Å². The molecule has 7 nitrogen and oxygen atoms in total. The van der Waals surface area contributed by atoms with Crippen LogP contribution < -0.4 is 0 Å². The molecule has 64 heavy (non-hydrogen) atoms. The predicted octanol–water partition coefficient (Wildman–Crippen LogP) is 13.3. The van der Waals surface area contributed by atoms with Gasteiger partial charge >= 0.3 is 0 Å². The van der Waals surface area contributed by atoms with Crippen LogP contribution in [-0.2, 0) is 12.8 Å². The molecule has 0 atom stereocenters. The van der Waals surface area contributed by atoms with E-state index in [1.54, 1.807) is 0 Å². The first-order valence-corrected chi connectivity index (χ1v) is 21.7. The zero-order chi connectivity index (χ0) is 42.1. The molecule has 13 rings (SSSR count). The fraction of sp³-hybridized carbons (Fsp3) is 0.0351. The highest BCUT2D eigenvalue weighted by Crippen LogP contribution is 2.44. The van der Waals surface area contributed by atoms with Gasteiger partial charge in [-0.3, -0.25) is 4.57 Å². The van der Waals surface area contributed by atoms with Crippen LogP contribution in [0.2, 0.25) is 0 Å². The number of hydrogen-bond acceptors (Lipinski definition) is 5. The summed E-state index contributed by atoms with van der Waals surface area (Å²) in [6.07, 6.45) is 1.73. The van der Waals surface area contributed by atoms with Crippen molar-refractivity contribution in [2.24, 2.45) is 0 Å². The molecule has 0 spiro atoms. The number of nitrogens with zero attached hydrogens (tertiary/aromatic N) is 7. The molecule has 12 aromatic rings. The highest BCUT2D eigenvalue weighted by molar-refractivity contribution is 6.15. The van der Waals surface area contributed by atoms with Gasteiger partial charge in [0, 0.05) is 55.0 Å². The Morgan fingerprint density at radius 2 is 0.734 bits per heavy atom. The Morgan fingerprint density at radius 1 is 0.312 bits per heavy atom. The third-order valence-electron chi connectivity index (χ3n) is 12.6. The molecule has 0 saturated carbocycles. The zero-order valence-electron chi connectivity index (χ0n) is 34.6. The molecule has 300 valence electrons. The molecule has 0 unspecified atom stereocenters. The molecule has 0 bridgehead atoms. The second-order valence-corrected chi connectivity index (χ2v) is 16.4. The second-order valence-electron chi connectivity index (χ2n) is 16.4. The van der Waals surface area contributed by atoms with Crippen LogP contribution in [0.15, 0.2) is 200 Å². The summed E-state index contributed by atoms with van der Waals surface area (Å²) in [4.78, 5) is 26.3. The van der Waals surface area contributed by atoms with Gasteiger partial charge in [-0.2, -0.15) is 0 Å². The van der Waals surface area contributed by atoms with Crippen molar-refractivity contribution in [1.82, 2.24) is 34.1 Å². The summed E-state index contributed by atoms with van der Waals surface area (Å²) in [5.74, 6) is 2.47. The largest absolute Gasteiger partial charge is 0.309 e. The van der Waals surface area contributed by atoms with Crippen LogP contribution in [0.3, 0.4) is 0 Å². The third-order valence-corrected chi connectivity index (χ3v) is 12.6. The molecule has 8 aromatic carbocycles. The lowest BCUT2D eigenvalue weighted by molar-refractivity contribution is 0.965.